The lowest BCUT2D eigenvalue weighted by atomic mass is 10.1. The summed E-state index contributed by atoms with van der Waals surface area (Å²) < 4.78 is 61.2. The van der Waals surface area contributed by atoms with Crippen molar-refractivity contribution >= 4 is 26.8 Å². The predicted octanol–water partition coefficient (Wildman–Crippen LogP) is 1.97. The minimum absolute atomic E-state index is 0.00747. The van der Waals surface area contributed by atoms with Gasteiger partial charge in [-0.2, -0.15) is 17.0 Å². The molecule has 0 amide bonds. The number of halogens is 2. The van der Waals surface area contributed by atoms with Crippen molar-refractivity contribution in [3.63, 3.8) is 0 Å². The Morgan fingerprint density at radius 3 is 2.46 bits per heavy atom. The second kappa shape index (κ2) is 7.86. The average molecular weight is 412 g/mol. The molecule has 0 spiro atoms. The molecule has 7 nitrogen and oxygen atoms in total. The van der Waals surface area contributed by atoms with E-state index in [9.17, 15) is 17.2 Å². The number of piperidine rings is 1. The fourth-order valence-electron chi connectivity index (χ4n) is 3.70. The van der Waals surface area contributed by atoms with E-state index >= 15 is 0 Å². The van der Waals surface area contributed by atoms with Gasteiger partial charge in [0.05, 0.1) is 13.2 Å². The van der Waals surface area contributed by atoms with Crippen LogP contribution in [0.5, 0.6) is 0 Å². The number of morpholine rings is 1. The molecule has 2 aromatic rings. The van der Waals surface area contributed by atoms with E-state index in [0.717, 1.165) is 6.07 Å². The number of anilines is 1. The Balaban J connectivity index is 1.44. The molecule has 0 radical (unpaired) electrons. The normalized spacial score (nSPS) is 20.5. The SMILES string of the molecule is O=S(=O)(N1CCOCC1)N1CCC(Nc2ccnc3c(F)cc(F)cc23)CC1. The van der Waals surface area contributed by atoms with Crippen LogP contribution >= 0.6 is 0 Å². The number of benzene rings is 1. The van der Waals surface area contributed by atoms with Crippen LogP contribution in [0.2, 0.25) is 0 Å². The molecule has 0 saturated carbocycles. The average Bonchev–Trinajstić information content (AvgIpc) is 2.70. The van der Waals surface area contributed by atoms with Gasteiger partial charge in [-0.25, -0.2) is 8.78 Å². The number of fused-ring (bicyclic) bond motifs is 1. The van der Waals surface area contributed by atoms with E-state index < -0.39 is 21.8 Å². The molecule has 1 aromatic heterocycles. The molecule has 2 aliphatic heterocycles. The van der Waals surface area contributed by atoms with E-state index in [-0.39, 0.29) is 11.6 Å². The Morgan fingerprint density at radius 2 is 1.75 bits per heavy atom. The number of aromatic nitrogens is 1. The number of rotatable bonds is 4. The minimum Gasteiger partial charge on any atom is -0.382 e. The van der Waals surface area contributed by atoms with E-state index in [1.54, 1.807) is 6.07 Å². The number of nitrogens with zero attached hydrogens (tertiary/aromatic N) is 3. The highest BCUT2D eigenvalue weighted by atomic mass is 32.2. The van der Waals surface area contributed by atoms with E-state index in [1.165, 1.54) is 20.9 Å². The van der Waals surface area contributed by atoms with Crippen molar-refractivity contribution in [1.29, 1.82) is 0 Å². The van der Waals surface area contributed by atoms with Gasteiger partial charge in [0.15, 0.2) is 5.82 Å². The molecule has 0 atom stereocenters. The molecule has 2 fully saturated rings. The molecular formula is C18H22F2N4O3S. The lowest BCUT2D eigenvalue weighted by Crippen LogP contribution is -2.51. The van der Waals surface area contributed by atoms with Crippen molar-refractivity contribution in [3.8, 4) is 0 Å². The van der Waals surface area contributed by atoms with Crippen LogP contribution in [0.3, 0.4) is 0 Å². The summed E-state index contributed by atoms with van der Waals surface area (Å²) in [6.45, 7) is 2.37. The second-order valence-electron chi connectivity index (χ2n) is 6.98. The Kier molecular flexibility index (Phi) is 5.46. The summed E-state index contributed by atoms with van der Waals surface area (Å²) in [6, 6.07) is 3.76. The lowest BCUT2D eigenvalue weighted by molar-refractivity contribution is 0.0697. The third-order valence-corrected chi connectivity index (χ3v) is 7.23. The van der Waals surface area contributed by atoms with Gasteiger partial charge in [0, 0.05) is 55.6 Å². The van der Waals surface area contributed by atoms with Gasteiger partial charge in [-0.05, 0) is 25.0 Å². The fourth-order valence-corrected chi connectivity index (χ4v) is 5.31. The Hall–Kier alpha value is -1.88. The van der Waals surface area contributed by atoms with Crippen molar-refractivity contribution < 1.29 is 21.9 Å². The molecule has 2 saturated heterocycles. The summed E-state index contributed by atoms with van der Waals surface area (Å²) in [4.78, 5) is 3.99. The number of pyridine rings is 1. The monoisotopic (exact) mass is 412 g/mol. The molecule has 0 unspecified atom stereocenters. The number of nitrogens with one attached hydrogen (secondary N) is 1. The van der Waals surface area contributed by atoms with E-state index in [1.807, 2.05) is 0 Å². The summed E-state index contributed by atoms with van der Waals surface area (Å²) in [6.07, 6.45) is 2.68. The van der Waals surface area contributed by atoms with Gasteiger partial charge in [0.1, 0.15) is 11.3 Å². The van der Waals surface area contributed by atoms with Crippen molar-refractivity contribution in [3.05, 3.63) is 36.0 Å². The smallest absolute Gasteiger partial charge is 0.282 e. The Morgan fingerprint density at radius 1 is 1.07 bits per heavy atom. The quantitative estimate of drug-likeness (QED) is 0.831. The van der Waals surface area contributed by atoms with Crippen LogP contribution in [0, 0.1) is 11.6 Å². The first kappa shape index (κ1) is 19.4. The van der Waals surface area contributed by atoms with Gasteiger partial charge in [0.25, 0.3) is 10.2 Å². The van der Waals surface area contributed by atoms with Gasteiger partial charge >= 0.3 is 0 Å². The molecule has 0 aliphatic carbocycles. The van der Waals surface area contributed by atoms with E-state index in [4.69, 9.17) is 4.74 Å². The molecule has 0 bridgehead atoms. The van der Waals surface area contributed by atoms with Crippen LogP contribution in [0.1, 0.15) is 12.8 Å². The highest BCUT2D eigenvalue weighted by Crippen LogP contribution is 2.27. The third-order valence-electron chi connectivity index (χ3n) is 5.20. The number of hydrogen-bond donors (Lipinski definition) is 1. The second-order valence-corrected chi connectivity index (χ2v) is 8.91. The zero-order valence-corrected chi connectivity index (χ0v) is 16.1. The van der Waals surface area contributed by atoms with Crippen LogP contribution in [0.15, 0.2) is 24.4 Å². The largest absolute Gasteiger partial charge is 0.382 e. The zero-order valence-electron chi connectivity index (χ0n) is 15.3. The van der Waals surface area contributed by atoms with E-state index in [2.05, 4.69) is 10.3 Å². The number of ether oxygens (including phenoxy) is 1. The van der Waals surface area contributed by atoms with Gasteiger partial charge in [-0.15, -0.1) is 0 Å². The molecule has 28 heavy (non-hydrogen) atoms. The Bertz CT molecular complexity index is 959. The number of hydrogen-bond acceptors (Lipinski definition) is 5. The lowest BCUT2D eigenvalue weighted by Gasteiger charge is -2.36. The first-order valence-electron chi connectivity index (χ1n) is 9.28. The van der Waals surface area contributed by atoms with Gasteiger partial charge in [-0.1, -0.05) is 0 Å². The van der Waals surface area contributed by atoms with Crippen LogP contribution in [0.25, 0.3) is 10.9 Å². The van der Waals surface area contributed by atoms with Crippen molar-refractivity contribution in [2.24, 2.45) is 0 Å². The van der Waals surface area contributed by atoms with Gasteiger partial charge < -0.3 is 10.1 Å². The highest BCUT2D eigenvalue weighted by Gasteiger charge is 2.33. The third kappa shape index (κ3) is 3.82. The van der Waals surface area contributed by atoms with Crippen molar-refractivity contribution in [2.75, 3.05) is 44.7 Å². The first-order valence-corrected chi connectivity index (χ1v) is 10.7. The molecule has 2 aliphatic rings. The maximum atomic E-state index is 13.9. The summed E-state index contributed by atoms with van der Waals surface area (Å²) in [5, 5.41) is 3.68. The molecule has 4 rings (SSSR count). The topological polar surface area (TPSA) is 74.8 Å². The standard InChI is InChI=1S/C18H22F2N4O3S/c19-13-11-15-17(1-4-21-18(15)16(20)12-13)22-14-2-5-23(6-3-14)28(25,26)24-7-9-27-10-8-24/h1,4,11-12,14H,2-3,5-10H2,(H,21,22). The maximum Gasteiger partial charge on any atom is 0.282 e. The van der Waals surface area contributed by atoms with Crippen LogP contribution in [-0.4, -0.2) is 67.4 Å². The van der Waals surface area contributed by atoms with Crippen molar-refractivity contribution in [2.45, 2.75) is 18.9 Å². The zero-order chi connectivity index (χ0) is 19.7. The minimum atomic E-state index is -3.48. The van der Waals surface area contributed by atoms with Gasteiger partial charge in [0.2, 0.25) is 0 Å². The van der Waals surface area contributed by atoms with Crippen LogP contribution in [0.4, 0.5) is 14.5 Å². The fraction of sp³-hybridized carbons (Fsp3) is 0.500. The molecule has 1 aromatic carbocycles. The molecular weight excluding hydrogens is 390 g/mol. The molecule has 1 N–H and O–H groups in total. The van der Waals surface area contributed by atoms with Crippen molar-refractivity contribution in [1.82, 2.24) is 13.6 Å². The van der Waals surface area contributed by atoms with Crippen LogP contribution < -0.4 is 5.32 Å². The summed E-state index contributed by atoms with van der Waals surface area (Å²) >= 11 is 0. The predicted molar refractivity (Wildman–Crippen MR) is 101 cm³/mol. The highest BCUT2D eigenvalue weighted by molar-refractivity contribution is 7.86. The van der Waals surface area contributed by atoms with Crippen LogP contribution in [-0.2, 0) is 14.9 Å². The summed E-state index contributed by atoms with van der Waals surface area (Å²) in [7, 11) is -3.48. The molecule has 3 heterocycles. The van der Waals surface area contributed by atoms with E-state index in [0.29, 0.717) is 63.3 Å². The molecule has 152 valence electrons. The summed E-state index contributed by atoms with van der Waals surface area (Å²) in [5.41, 5.74) is 0.705. The molecule has 10 heteroatoms. The Labute approximate surface area is 162 Å². The summed E-state index contributed by atoms with van der Waals surface area (Å²) in [5.74, 6) is -1.36. The first-order chi connectivity index (χ1) is 13.4. The maximum absolute atomic E-state index is 13.9. The van der Waals surface area contributed by atoms with Gasteiger partial charge in [-0.3, -0.25) is 4.98 Å².